The molecular weight excluding hydrogens is 214 g/mol. The van der Waals surface area contributed by atoms with Crippen molar-refractivity contribution >= 4 is 11.3 Å². The van der Waals surface area contributed by atoms with E-state index in [0.717, 1.165) is 11.8 Å². The number of rotatable bonds is 3. The van der Waals surface area contributed by atoms with E-state index in [2.05, 4.69) is 26.0 Å². The summed E-state index contributed by atoms with van der Waals surface area (Å²) in [4.78, 5) is 2.78. The van der Waals surface area contributed by atoms with Crippen LogP contribution < -0.4 is 5.73 Å². The Morgan fingerprint density at radius 1 is 1.38 bits per heavy atom. The Bertz CT molecular complexity index is 331. The maximum absolute atomic E-state index is 6.46. The lowest BCUT2D eigenvalue weighted by molar-refractivity contribution is 0.198. The molecule has 3 atom stereocenters. The monoisotopic (exact) mass is 237 g/mol. The zero-order chi connectivity index (χ0) is 11.5. The first-order valence-corrected chi connectivity index (χ1v) is 7.36. The van der Waals surface area contributed by atoms with Crippen LogP contribution in [0.15, 0.2) is 12.1 Å². The molecule has 0 aromatic carbocycles. The van der Waals surface area contributed by atoms with Crippen LogP contribution in [0, 0.1) is 18.8 Å². The molecule has 0 saturated heterocycles. The Morgan fingerprint density at radius 2 is 2.12 bits per heavy atom. The Hall–Kier alpha value is -0.340. The van der Waals surface area contributed by atoms with E-state index in [-0.39, 0.29) is 6.04 Å². The van der Waals surface area contributed by atoms with Gasteiger partial charge in [-0.2, -0.15) is 0 Å². The van der Waals surface area contributed by atoms with Crippen LogP contribution in [-0.4, -0.2) is 0 Å². The smallest absolute Gasteiger partial charge is 0.0421 e. The Kier molecular flexibility index (Phi) is 4.04. The molecule has 0 bridgehead atoms. The SMILES string of the molecule is CCC1CCCCC1C(N)c1ccc(C)s1. The van der Waals surface area contributed by atoms with E-state index >= 15 is 0 Å². The number of hydrogen-bond acceptors (Lipinski definition) is 2. The van der Waals surface area contributed by atoms with Crippen molar-refractivity contribution in [1.29, 1.82) is 0 Å². The molecule has 2 rings (SSSR count). The zero-order valence-corrected chi connectivity index (χ0v) is 11.2. The lowest BCUT2D eigenvalue weighted by atomic mass is 9.74. The van der Waals surface area contributed by atoms with Gasteiger partial charge in [0.05, 0.1) is 0 Å². The minimum atomic E-state index is 0.281. The number of hydrogen-bond donors (Lipinski definition) is 1. The van der Waals surface area contributed by atoms with Gasteiger partial charge in [-0.05, 0) is 37.3 Å². The van der Waals surface area contributed by atoms with Gasteiger partial charge in [0.15, 0.2) is 0 Å². The second-order valence-corrected chi connectivity index (χ2v) is 6.41. The minimum absolute atomic E-state index is 0.281. The summed E-state index contributed by atoms with van der Waals surface area (Å²) < 4.78 is 0. The van der Waals surface area contributed by atoms with Crippen LogP contribution in [0.25, 0.3) is 0 Å². The number of nitrogens with two attached hydrogens (primary N) is 1. The third-order valence-corrected chi connectivity index (χ3v) is 5.15. The van der Waals surface area contributed by atoms with E-state index in [9.17, 15) is 0 Å². The van der Waals surface area contributed by atoms with Gasteiger partial charge >= 0.3 is 0 Å². The molecule has 1 saturated carbocycles. The summed E-state index contributed by atoms with van der Waals surface area (Å²) >= 11 is 1.88. The summed E-state index contributed by atoms with van der Waals surface area (Å²) in [5.74, 6) is 1.57. The molecule has 0 spiro atoms. The van der Waals surface area contributed by atoms with Crippen molar-refractivity contribution in [3.05, 3.63) is 21.9 Å². The lowest BCUT2D eigenvalue weighted by Crippen LogP contribution is -2.29. The van der Waals surface area contributed by atoms with Gasteiger partial charge in [-0.1, -0.05) is 32.6 Å². The average molecular weight is 237 g/mol. The molecule has 1 aliphatic rings. The standard InChI is InChI=1S/C14H23NS/c1-3-11-6-4-5-7-12(11)14(15)13-9-8-10(2)16-13/h8-9,11-12,14H,3-7,15H2,1-2H3. The maximum Gasteiger partial charge on any atom is 0.0421 e. The third-order valence-electron chi connectivity index (χ3n) is 4.04. The van der Waals surface area contributed by atoms with Gasteiger partial charge in [0.2, 0.25) is 0 Å². The van der Waals surface area contributed by atoms with Crippen molar-refractivity contribution in [2.75, 3.05) is 0 Å². The number of aryl methyl sites for hydroxylation is 1. The zero-order valence-electron chi connectivity index (χ0n) is 10.4. The first-order valence-electron chi connectivity index (χ1n) is 6.54. The molecule has 2 heteroatoms. The largest absolute Gasteiger partial charge is 0.323 e. The van der Waals surface area contributed by atoms with E-state index in [0.29, 0.717) is 0 Å². The van der Waals surface area contributed by atoms with Crippen LogP contribution in [0.4, 0.5) is 0 Å². The van der Waals surface area contributed by atoms with Crippen molar-refractivity contribution in [2.45, 2.75) is 52.0 Å². The van der Waals surface area contributed by atoms with Gasteiger partial charge in [0, 0.05) is 15.8 Å². The van der Waals surface area contributed by atoms with Crippen molar-refractivity contribution in [3.63, 3.8) is 0 Å². The minimum Gasteiger partial charge on any atom is -0.323 e. The van der Waals surface area contributed by atoms with Crippen LogP contribution in [0.5, 0.6) is 0 Å². The highest BCUT2D eigenvalue weighted by Gasteiger charge is 2.29. The molecule has 1 nitrogen and oxygen atoms in total. The average Bonchev–Trinajstić information content (AvgIpc) is 2.75. The summed E-state index contributed by atoms with van der Waals surface area (Å²) in [6.45, 7) is 4.48. The first kappa shape index (κ1) is 12.1. The fraction of sp³-hybridized carbons (Fsp3) is 0.714. The fourth-order valence-corrected chi connectivity index (χ4v) is 4.01. The van der Waals surface area contributed by atoms with Crippen LogP contribution in [-0.2, 0) is 0 Å². The quantitative estimate of drug-likeness (QED) is 0.834. The normalized spacial score (nSPS) is 27.9. The Morgan fingerprint density at radius 3 is 2.75 bits per heavy atom. The predicted molar refractivity (Wildman–Crippen MR) is 71.7 cm³/mol. The molecule has 2 N–H and O–H groups in total. The van der Waals surface area contributed by atoms with Crippen molar-refractivity contribution < 1.29 is 0 Å². The van der Waals surface area contributed by atoms with E-state index in [1.54, 1.807) is 0 Å². The van der Waals surface area contributed by atoms with Gasteiger partial charge in [0.1, 0.15) is 0 Å². The van der Waals surface area contributed by atoms with E-state index < -0.39 is 0 Å². The molecule has 1 aromatic rings. The van der Waals surface area contributed by atoms with Crippen LogP contribution in [0.1, 0.15) is 54.8 Å². The summed E-state index contributed by atoms with van der Waals surface area (Å²) in [5, 5.41) is 0. The van der Waals surface area contributed by atoms with Gasteiger partial charge in [0.25, 0.3) is 0 Å². The highest BCUT2D eigenvalue weighted by Crippen LogP contribution is 2.40. The Balaban J connectivity index is 2.10. The topological polar surface area (TPSA) is 26.0 Å². The molecule has 0 aliphatic heterocycles. The molecule has 90 valence electrons. The lowest BCUT2D eigenvalue weighted by Gasteiger charge is -2.34. The molecule has 0 amide bonds. The predicted octanol–water partition coefficient (Wildman–Crippen LogP) is 4.27. The first-order chi connectivity index (χ1) is 7.72. The fourth-order valence-electron chi connectivity index (χ4n) is 3.06. The van der Waals surface area contributed by atoms with E-state index in [1.165, 1.54) is 41.9 Å². The van der Waals surface area contributed by atoms with Gasteiger partial charge in [-0.15, -0.1) is 11.3 Å². The molecule has 1 heterocycles. The highest BCUT2D eigenvalue weighted by molar-refractivity contribution is 7.12. The third kappa shape index (κ3) is 2.49. The van der Waals surface area contributed by atoms with Crippen molar-refractivity contribution in [1.82, 2.24) is 0 Å². The van der Waals surface area contributed by atoms with Gasteiger partial charge < -0.3 is 5.73 Å². The molecule has 1 aromatic heterocycles. The van der Waals surface area contributed by atoms with Crippen molar-refractivity contribution in [3.8, 4) is 0 Å². The van der Waals surface area contributed by atoms with Gasteiger partial charge in [-0.3, -0.25) is 0 Å². The molecule has 3 unspecified atom stereocenters. The summed E-state index contributed by atoms with van der Waals surface area (Å²) in [6.07, 6.45) is 6.79. The van der Waals surface area contributed by atoms with Crippen LogP contribution >= 0.6 is 11.3 Å². The van der Waals surface area contributed by atoms with Gasteiger partial charge in [-0.25, -0.2) is 0 Å². The molecule has 1 aliphatic carbocycles. The summed E-state index contributed by atoms with van der Waals surface area (Å²) in [7, 11) is 0. The maximum atomic E-state index is 6.46. The van der Waals surface area contributed by atoms with Crippen LogP contribution in [0.2, 0.25) is 0 Å². The number of thiophene rings is 1. The van der Waals surface area contributed by atoms with Crippen molar-refractivity contribution in [2.24, 2.45) is 17.6 Å². The molecular formula is C14H23NS. The van der Waals surface area contributed by atoms with E-state index in [4.69, 9.17) is 5.73 Å². The highest BCUT2D eigenvalue weighted by atomic mass is 32.1. The molecule has 16 heavy (non-hydrogen) atoms. The Labute approximate surface area is 103 Å². The second-order valence-electron chi connectivity index (χ2n) is 5.09. The molecule has 0 radical (unpaired) electrons. The van der Waals surface area contributed by atoms with E-state index in [1.807, 2.05) is 11.3 Å². The molecule has 1 fully saturated rings. The summed E-state index contributed by atoms with van der Waals surface area (Å²) in [6, 6.07) is 4.71. The van der Waals surface area contributed by atoms with Crippen LogP contribution in [0.3, 0.4) is 0 Å². The summed E-state index contributed by atoms with van der Waals surface area (Å²) in [5.41, 5.74) is 6.46. The second kappa shape index (κ2) is 5.33.